The lowest BCUT2D eigenvalue weighted by Gasteiger charge is -2.22. The Morgan fingerprint density at radius 2 is 0.925 bits per heavy atom. The van der Waals surface area contributed by atoms with Gasteiger partial charge in [-0.25, -0.2) is 0 Å². The maximum atomic E-state index is 3.76. The summed E-state index contributed by atoms with van der Waals surface area (Å²) in [6.07, 6.45) is 0. The molecule has 0 bridgehead atoms. The van der Waals surface area contributed by atoms with Crippen molar-refractivity contribution in [2.45, 2.75) is 19.3 Å². The summed E-state index contributed by atoms with van der Waals surface area (Å²) in [4.78, 5) is 0. The van der Waals surface area contributed by atoms with Gasteiger partial charge in [0, 0.05) is 16.8 Å². The molecule has 1 aliphatic carbocycles. The Bertz CT molecular complexity index is 1760. The third kappa shape index (κ3) is 4.30. The van der Waals surface area contributed by atoms with Crippen molar-refractivity contribution in [3.8, 4) is 44.5 Å². The van der Waals surface area contributed by atoms with Crippen LogP contribution in [0.5, 0.6) is 0 Å². The highest BCUT2D eigenvalue weighted by Gasteiger charge is 2.35. The lowest BCUT2D eigenvalue weighted by atomic mass is 9.82. The second kappa shape index (κ2) is 9.70. The van der Waals surface area contributed by atoms with Gasteiger partial charge in [-0.3, -0.25) is 0 Å². The SMILES string of the molecule is CC1(C)c2ccc(-c3ccccc3)cc2-c2ccc(Nc3cc(-c4ccccc4)cc(-c4ccccc4)c3)cc21. The van der Waals surface area contributed by atoms with Crippen LogP contribution >= 0.6 is 0 Å². The Hall–Kier alpha value is -4.88. The summed E-state index contributed by atoms with van der Waals surface area (Å²) in [7, 11) is 0. The molecule has 1 aliphatic rings. The van der Waals surface area contributed by atoms with Crippen molar-refractivity contribution in [2.75, 3.05) is 5.32 Å². The van der Waals surface area contributed by atoms with E-state index in [9.17, 15) is 0 Å². The summed E-state index contributed by atoms with van der Waals surface area (Å²) < 4.78 is 0. The van der Waals surface area contributed by atoms with Gasteiger partial charge in [0.05, 0.1) is 0 Å². The number of benzene rings is 6. The first-order valence-electron chi connectivity index (χ1n) is 13.9. The van der Waals surface area contributed by atoms with E-state index in [1.807, 2.05) is 0 Å². The van der Waals surface area contributed by atoms with Gasteiger partial charge in [0.1, 0.15) is 0 Å². The standard InChI is InChI=1S/C39H31N/c1-39(2)37-21-18-30(27-12-6-3-7-13-27)25-36(37)35-20-19-33(26-38(35)39)40-34-23-31(28-14-8-4-9-15-28)22-32(24-34)29-16-10-5-11-17-29/h3-26,40H,1-2H3. The molecule has 0 atom stereocenters. The molecule has 0 spiro atoms. The molecule has 1 heteroatoms. The van der Waals surface area contributed by atoms with Crippen molar-refractivity contribution >= 4 is 11.4 Å². The first kappa shape index (κ1) is 24.2. The highest BCUT2D eigenvalue weighted by atomic mass is 14.9. The Morgan fingerprint density at radius 1 is 0.375 bits per heavy atom. The van der Waals surface area contributed by atoms with E-state index in [4.69, 9.17) is 0 Å². The van der Waals surface area contributed by atoms with Crippen molar-refractivity contribution in [3.05, 3.63) is 157 Å². The van der Waals surface area contributed by atoms with E-state index < -0.39 is 0 Å². The Balaban J connectivity index is 1.28. The normalized spacial score (nSPS) is 12.9. The number of hydrogen-bond donors (Lipinski definition) is 1. The molecule has 6 aromatic rings. The average Bonchev–Trinajstić information content (AvgIpc) is 3.23. The van der Waals surface area contributed by atoms with Crippen LogP contribution < -0.4 is 5.32 Å². The lowest BCUT2D eigenvalue weighted by Crippen LogP contribution is -2.15. The number of anilines is 2. The Kier molecular flexibility index (Phi) is 5.86. The molecule has 6 aromatic carbocycles. The number of rotatable bonds is 5. The van der Waals surface area contributed by atoms with Crippen LogP contribution in [0.25, 0.3) is 44.5 Å². The van der Waals surface area contributed by atoms with Crippen LogP contribution in [0.2, 0.25) is 0 Å². The number of nitrogens with one attached hydrogen (secondary N) is 1. The predicted octanol–water partition coefficient (Wildman–Crippen LogP) is 10.7. The van der Waals surface area contributed by atoms with Crippen molar-refractivity contribution < 1.29 is 0 Å². The number of fused-ring (bicyclic) bond motifs is 3. The van der Waals surface area contributed by atoms with Crippen molar-refractivity contribution in [2.24, 2.45) is 0 Å². The zero-order valence-electron chi connectivity index (χ0n) is 22.9. The van der Waals surface area contributed by atoms with Gasteiger partial charge in [0.15, 0.2) is 0 Å². The van der Waals surface area contributed by atoms with E-state index in [2.05, 4.69) is 165 Å². The maximum Gasteiger partial charge on any atom is 0.0396 e. The highest BCUT2D eigenvalue weighted by Crippen LogP contribution is 2.50. The molecule has 0 saturated carbocycles. The summed E-state index contributed by atoms with van der Waals surface area (Å²) in [5.41, 5.74) is 14.9. The molecule has 1 N–H and O–H groups in total. The molecule has 0 amide bonds. The van der Waals surface area contributed by atoms with E-state index in [0.29, 0.717) is 0 Å². The van der Waals surface area contributed by atoms with Crippen LogP contribution in [0.1, 0.15) is 25.0 Å². The fraction of sp³-hybridized carbons (Fsp3) is 0.0769. The van der Waals surface area contributed by atoms with Crippen molar-refractivity contribution in [3.63, 3.8) is 0 Å². The monoisotopic (exact) mass is 513 g/mol. The van der Waals surface area contributed by atoms with Gasteiger partial charge in [-0.2, -0.15) is 0 Å². The maximum absolute atomic E-state index is 3.76. The largest absolute Gasteiger partial charge is 0.355 e. The Labute approximate surface area is 236 Å². The van der Waals surface area contributed by atoms with Crippen LogP contribution in [0, 0.1) is 0 Å². The second-order valence-electron chi connectivity index (χ2n) is 11.2. The van der Waals surface area contributed by atoms with Gasteiger partial charge < -0.3 is 5.32 Å². The van der Waals surface area contributed by atoms with Gasteiger partial charge in [-0.1, -0.05) is 123 Å². The summed E-state index contributed by atoms with van der Waals surface area (Å²) >= 11 is 0. The summed E-state index contributed by atoms with van der Waals surface area (Å²) in [5.74, 6) is 0. The molecular weight excluding hydrogens is 482 g/mol. The second-order valence-corrected chi connectivity index (χ2v) is 11.2. The quantitative estimate of drug-likeness (QED) is 0.242. The minimum Gasteiger partial charge on any atom is -0.355 e. The fourth-order valence-corrected chi connectivity index (χ4v) is 6.10. The third-order valence-electron chi connectivity index (χ3n) is 8.22. The summed E-state index contributed by atoms with van der Waals surface area (Å²) in [6.45, 7) is 4.68. The van der Waals surface area contributed by atoms with E-state index in [1.54, 1.807) is 0 Å². The van der Waals surface area contributed by atoms with Gasteiger partial charge >= 0.3 is 0 Å². The van der Waals surface area contributed by atoms with Gasteiger partial charge in [0.2, 0.25) is 0 Å². The molecule has 7 rings (SSSR count). The highest BCUT2D eigenvalue weighted by molar-refractivity contribution is 5.87. The molecule has 0 aliphatic heterocycles. The first-order valence-corrected chi connectivity index (χ1v) is 13.9. The summed E-state index contributed by atoms with van der Waals surface area (Å²) in [5, 5.41) is 3.76. The average molecular weight is 514 g/mol. The Morgan fingerprint density at radius 3 is 1.50 bits per heavy atom. The summed E-state index contributed by atoms with van der Waals surface area (Å²) in [6, 6.07) is 52.4. The van der Waals surface area contributed by atoms with E-state index >= 15 is 0 Å². The molecular formula is C39H31N. The van der Waals surface area contributed by atoms with Crippen LogP contribution in [0.4, 0.5) is 11.4 Å². The minimum atomic E-state index is -0.0708. The van der Waals surface area contributed by atoms with Crippen LogP contribution in [-0.2, 0) is 5.41 Å². The zero-order chi connectivity index (χ0) is 27.1. The van der Waals surface area contributed by atoms with Gasteiger partial charge in [-0.15, -0.1) is 0 Å². The fourth-order valence-electron chi connectivity index (χ4n) is 6.10. The minimum absolute atomic E-state index is 0.0708. The molecule has 0 heterocycles. The van der Waals surface area contributed by atoms with Crippen LogP contribution in [-0.4, -0.2) is 0 Å². The molecule has 40 heavy (non-hydrogen) atoms. The van der Waals surface area contributed by atoms with Gasteiger partial charge in [-0.05, 0) is 92.0 Å². The van der Waals surface area contributed by atoms with Crippen molar-refractivity contribution in [1.82, 2.24) is 0 Å². The van der Waals surface area contributed by atoms with E-state index in [1.165, 1.54) is 55.6 Å². The molecule has 1 nitrogen and oxygen atoms in total. The predicted molar refractivity (Wildman–Crippen MR) is 170 cm³/mol. The molecule has 0 unspecified atom stereocenters. The van der Waals surface area contributed by atoms with Crippen molar-refractivity contribution in [1.29, 1.82) is 0 Å². The molecule has 0 fully saturated rings. The van der Waals surface area contributed by atoms with E-state index in [-0.39, 0.29) is 5.41 Å². The number of hydrogen-bond acceptors (Lipinski definition) is 1. The van der Waals surface area contributed by atoms with E-state index in [0.717, 1.165) is 11.4 Å². The lowest BCUT2D eigenvalue weighted by molar-refractivity contribution is 0.660. The van der Waals surface area contributed by atoms with Gasteiger partial charge in [0.25, 0.3) is 0 Å². The van der Waals surface area contributed by atoms with Crippen LogP contribution in [0.3, 0.4) is 0 Å². The molecule has 0 aromatic heterocycles. The molecule has 0 saturated heterocycles. The molecule has 192 valence electrons. The smallest absolute Gasteiger partial charge is 0.0396 e. The topological polar surface area (TPSA) is 12.0 Å². The third-order valence-corrected chi connectivity index (χ3v) is 8.22. The first-order chi connectivity index (χ1) is 19.6. The molecule has 0 radical (unpaired) electrons. The van der Waals surface area contributed by atoms with Crippen LogP contribution in [0.15, 0.2) is 146 Å². The zero-order valence-corrected chi connectivity index (χ0v) is 22.9.